The molecule has 3 aromatic carbocycles. The van der Waals surface area contributed by atoms with Gasteiger partial charge in [-0.05, 0) is 48.9 Å². The number of aromatic nitrogens is 2. The zero-order chi connectivity index (χ0) is 25.3. The van der Waals surface area contributed by atoms with Crippen molar-refractivity contribution in [3.63, 3.8) is 0 Å². The van der Waals surface area contributed by atoms with Crippen molar-refractivity contribution in [2.75, 3.05) is 23.3 Å². The van der Waals surface area contributed by atoms with Gasteiger partial charge in [0.25, 0.3) is 15.9 Å². The first-order valence-corrected chi connectivity index (χ1v) is 13.2. The monoisotopic (exact) mass is 522 g/mol. The van der Waals surface area contributed by atoms with E-state index in [-0.39, 0.29) is 11.4 Å². The smallest absolute Gasteiger partial charge is 0.269 e. The van der Waals surface area contributed by atoms with Crippen molar-refractivity contribution >= 4 is 38.1 Å². The van der Waals surface area contributed by atoms with E-state index in [1.807, 2.05) is 37.3 Å². The van der Waals surface area contributed by atoms with Crippen LogP contribution in [0.15, 0.2) is 77.7 Å². The van der Waals surface area contributed by atoms with Crippen molar-refractivity contribution in [3.8, 4) is 22.1 Å². The molecular formula is C25H22N4O5S2. The average Bonchev–Trinajstić information content (AvgIpc) is 3.36. The Labute approximate surface area is 212 Å². The van der Waals surface area contributed by atoms with Crippen molar-refractivity contribution < 1.29 is 22.7 Å². The van der Waals surface area contributed by atoms with Crippen LogP contribution in [-0.4, -0.2) is 44.3 Å². The lowest BCUT2D eigenvalue weighted by molar-refractivity contribution is -0.122. The van der Waals surface area contributed by atoms with Crippen LogP contribution in [-0.2, 0) is 14.8 Å². The Hall–Kier alpha value is -3.96. The maximum Gasteiger partial charge on any atom is 0.269 e. The number of aryl methyl sites for hydroxylation is 1. The van der Waals surface area contributed by atoms with Crippen LogP contribution >= 0.6 is 11.3 Å². The Morgan fingerprint density at radius 3 is 2.56 bits per heavy atom. The number of carbonyl (C=O) groups excluding carboxylic acids is 1. The predicted octanol–water partition coefficient (Wildman–Crippen LogP) is 4.12. The summed E-state index contributed by atoms with van der Waals surface area (Å²) in [4.78, 5) is 13.2. The molecular weight excluding hydrogens is 500 g/mol. The molecule has 0 aliphatic carbocycles. The molecule has 1 N–H and O–H groups in total. The fourth-order valence-corrected chi connectivity index (χ4v) is 5.99. The SMILES string of the molecule is COc1ccc(S(=O)(=O)N2C[C@H](C(=O)Nc3nnc(-c4ccccc4)s3)Oc3cc(C)ccc32)cc1. The van der Waals surface area contributed by atoms with Gasteiger partial charge >= 0.3 is 0 Å². The first-order chi connectivity index (χ1) is 17.3. The number of carbonyl (C=O) groups is 1. The number of nitrogens with one attached hydrogen (secondary N) is 1. The molecule has 11 heteroatoms. The molecule has 2 heterocycles. The highest BCUT2D eigenvalue weighted by molar-refractivity contribution is 7.92. The second-order valence-electron chi connectivity index (χ2n) is 8.06. The lowest BCUT2D eigenvalue weighted by atomic mass is 10.1. The molecule has 9 nitrogen and oxygen atoms in total. The number of nitrogens with zero attached hydrogens (tertiary/aromatic N) is 3. The summed E-state index contributed by atoms with van der Waals surface area (Å²) in [6.45, 7) is 1.66. The molecule has 1 atom stereocenters. The van der Waals surface area contributed by atoms with Gasteiger partial charge in [0.1, 0.15) is 16.5 Å². The zero-order valence-electron chi connectivity index (χ0n) is 19.4. The number of amides is 1. The summed E-state index contributed by atoms with van der Waals surface area (Å²) < 4.78 is 39.5. The van der Waals surface area contributed by atoms with E-state index < -0.39 is 22.0 Å². The predicted molar refractivity (Wildman–Crippen MR) is 137 cm³/mol. The number of benzene rings is 3. The Morgan fingerprint density at radius 1 is 1.08 bits per heavy atom. The summed E-state index contributed by atoms with van der Waals surface area (Å²) in [6, 6.07) is 20.8. The second-order valence-corrected chi connectivity index (χ2v) is 10.9. The van der Waals surface area contributed by atoms with Gasteiger partial charge in [-0.2, -0.15) is 0 Å². The molecule has 184 valence electrons. The third-order valence-electron chi connectivity index (χ3n) is 5.60. The summed E-state index contributed by atoms with van der Waals surface area (Å²) in [5, 5.41) is 11.9. The normalized spacial score (nSPS) is 15.1. The van der Waals surface area contributed by atoms with Gasteiger partial charge in [-0.3, -0.25) is 14.4 Å². The minimum absolute atomic E-state index is 0.0764. The van der Waals surface area contributed by atoms with Crippen LogP contribution in [0.4, 0.5) is 10.8 Å². The van der Waals surface area contributed by atoms with Crippen molar-refractivity contribution in [3.05, 3.63) is 78.4 Å². The van der Waals surface area contributed by atoms with Gasteiger partial charge in [-0.15, -0.1) is 10.2 Å². The summed E-state index contributed by atoms with van der Waals surface area (Å²) >= 11 is 1.22. The van der Waals surface area contributed by atoms with Gasteiger partial charge < -0.3 is 9.47 Å². The topological polar surface area (TPSA) is 111 Å². The Bertz CT molecular complexity index is 1510. The average molecular weight is 523 g/mol. The van der Waals surface area contributed by atoms with Crippen LogP contribution in [0, 0.1) is 6.92 Å². The molecule has 0 fully saturated rings. The van der Waals surface area contributed by atoms with E-state index in [0.29, 0.717) is 27.3 Å². The quantitative estimate of drug-likeness (QED) is 0.406. The molecule has 0 bridgehead atoms. The molecule has 1 aromatic heterocycles. The lowest BCUT2D eigenvalue weighted by Crippen LogP contribution is -2.48. The van der Waals surface area contributed by atoms with Crippen molar-refractivity contribution in [1.82, 2.24) is 10.2 Å². The van der Waals surface area contributed by atoms with E-state index in [4.69, 9.17) is 9.47 Å². The molecule has 0 radical (unpaired) electrons. The molecule has 1 aliphatic rings. The van der Waals surface area contributed by atoms with Crippen LogP contribution < -0.4 is 19.1 Å². The van der Waals surface area contributed by atoms with Crippen LogP contribution in [0.1, 0.15) is 5.56 Å². The molecule has 36 heavy (non-hydrogen) atoms. The first-order valence-electron chi connectivity index (χ1n) is 11.0. The van der Waals surface area contributed by atoms with Gasteiger partial charge in [0.2, 0.25) is 5.13 Å². The van der Waals surface area contributed by atoms with Gasteiger partial charge in [0.05, 0.1) is 24.2 Å². The van der Waals surface area contributed by atoms with Gasteiger partial charge in [-0.1, -0.05) is 47.7 Å². The van der Waals surface area contributed by atoms with Crippen LogP contribution in [0.2, 0.25) is 0 Å². The van der Waals surface area contributed by atoms with E-state index in [0.717, 1.165) is 11.1 Å². The highest BCUT2D eigenvalue weighted by Crippen LogP contribution is 2.38. The standard InChI is InChI=1S/C25H22N4O5S2/c1-16-8-13-20-21(14-16)34-22(15-29(20)36(31,32)19-11-9-18(33-2)10-12-19)23(30)26-25-28-27-24(35-25)17-6-4-3-5-7-17/h3-14,22H,15H2,1-2H3,(H,26,28,30)/t22-/m1/s1. The van der Waals surface area contributed by atoms with E-state index in [2.05, 4.69) is 15.5 Å². The van der Waals surface area contributed by atoms with Crippen molar-refractivity contribution in [2.45, 2.75) is 17.9 Å². The maximum atomic E-state index is 13.6. The lowest BCUT2D eigenvalue weighted by Gasteiger charge is -2.34. The fraction of sp³-hybridized carbons (Fsp3) is 0.160. The number of fused-ring (bicyclic) bond motifs is 1. The minimum atomic E-state index is -3.99. The number of methoxy groups -OCH3 is 1. The van der Waals surface area contributed by atoms with Gasteiger partial charge in [-0.25, -0.2) is 8.42 Å². The number of anilines is 2. The Kier molecular flexibility index (Phi) is 6.33. The van der Waals surface area contributed by atoms with E-state index in [1.54, 1.807) is 30.3 Å². The molecule has 0 saturated carbocycles. The third-order valence-corrected chi connectivity index (χ3v) is 8.28. The summed E-state index contributed by atoms with van der Waals surface area (Å²) in [7, 11) is -2.48. The van der Waals surface area contributed by atoms with Crippen LogP contribution in [0.5, 0.6) is 11.5 Å². The van der Waals surface area contributed by atoms with E-state index in [1.165, 1.54) is 34.9 Å². The fourth-order valence-electron chi connectivity index (χ4n) is 3.76. The number of ether oxygens (including phenoxy) is 2. The molecule has 5 rings (SSSR count). The second kappa shape index (κ2) is 9.59. The molecule has 0 saturated heterocycles. The summed E-state index contributed by atoms with van der Waals surface area (Å²) in [6.07, 6.45) is -1.10. The van der Waals surface area contributed by atoms with Gasteiger partial charge in [0.15, 0.2) is 6.10 Å². The minimum Gasteiger partial charge on any atom is -0.497 e. The highest BCUT2D eigenvalue weighted by atomic mass is 32.2. The number of rotatable bonds is 6. The molecule has 4 aromatic rings. The molecule has 1 aliphatic heterocycles. The maximum absolute atomic E-state index is 13.6. The molecule has 0 spiro atoms. The Balaban J connectivity index is 1.42. The zero-order valence-corrected chi connectivity index (χ0v) is 21.0. The number of hydrogen-bond acceptors (Lipinski definition) is 8. The van der Waals surface area contributed by atoms with Crippen molar-refractivity contribution in [2.24, 2.45) is 0 Å². The Morgan fingerprint density at radius 2 is 1.83 bits per heavy atom. The van der Waals surface area contributed by atoms with Gasteiger partial charge in [0, 0.05) is 5.56 Å². The van der Waals surface area contributed by atoms with Crippen LogP contribution in [0.25, 0.3) is 10.6 Å². The van der Waals surface area contributed by atoms with E-state index in [9.17, 15) is 13.2 Å². The van der Waals surface area contributed by atoms with E-state index >= 15 is 0 Å². The highest BCUT2D eigenvalue weighted by Gasteiger charge is 2.38. The first kappa shape index (κ1) is 23.8. The summed E-state index contributed by atoms with van der Waals surface area (Å²) in [5.74, 6) is 0.324. The third kappa shape index (κ3) is 4.62. The number of hydrogen-bond donors (Lipinski definition) is 1. The number of sulfonamides is 1. The molecule has 0 unspecified atom stereocenters. The largest absolute Gasteiger partial charge is 0.497 e. The molecule has 1 amide bonds. The van der Waals surface area contributed by atoms with Crippen LogP contribution in [0.3, 0.4) is 0 Å². The van der Waals surface area contributed by atoms with Crippen molar-refractivity contribution in [1.29, 1.82) is 0 Å². The summed E-state index contributed by atoms with van der Waals surface area (Å²) in [5.41, 5.74) is 2.11.